The van der Waals surface area contributed by atoms with Crippen molar-refractivity contribution < 1.29 is 14.4 Å². The molecule has 1 aliphatic rings. The Kier molecular flexibility index (Phi) is 3.23. The molecule has 0 radical (unpaired) electrons. The van der Waals surface area contributed by atoms with Crippen molar-refractivity contribution in [1.82, 2.24) is 4.98 Å². The van der Waals surface area contributed by atoms with Gasteiger partial charge in [-0.05, 0) is 23.8 Å². The number of nitrogens with one attached hydrogen (secondary N) is 1. The molecule has 0 saturated carbocycles. The third-order valence-electron chi connectivity index (χ3n) is 3.46. The summed E-state index contributed by atoms with van der Waals surface area (Å²) in [5.74, 6) is 1.49. The van der Waals surface area contributed by atoms with Gasteiger partial charge in [-0.2, -0.15) is 0 Å². The van der Waals surface area contributed by atoms with Crippen molar-refractivity contribution in [2.75, 3.05) is 12.1 Å². The minimum atomic E-state index is -0.404. The third-order valence-corrected chi connectivity index (χ3v) is 4.44. The van der Waals surface area contributed by atoms with E-state index >= 15 is 0 Å². The molecule has 0 saturated heterocycles. The van der Waals surface area contributed by atoms with Gasteiger partial charge in [0, 0.05) is 18.7 Å². The number of anilines is 1. The minimum Gasteiger partial charge on any atom is -0.454 e. The number of nitrogens with zero attached hydrogens (tertiary/aromatic N) is 2. The predicted octanol–water partition coefficient (Wildman–Crippen LogP) is 3.55. The van der Waals surface area contributed by atoms with Gasteiger partial charge >= 0.3 is 0 Å². The Hall–Kier alpha value is -2.87. The number of hydrogen-bond donors (Lipinski definition) is 1. The predicted molar refractivity (Wildman–Crippen MR) is 86.2 cm³/mol. The first-order chi connectivity index (χ1) is 11.2. The fraction of sp³-hybridized carbons (Fsp3) is 0.133. The van der Waals surface area contributed by atoms with Crippen LogP contribution in [0.2, 0.25) is 0 Å². The lowest BCUT2D eigenvalue weighted by Crippen LogP contribution is -1.98. The first-order valence-corrected chi connectivity index (χ1v) is 7.68. The number of non-ortho nitro benzene ring substituents is 1. The molecule has 0 spiro atoms. The maximum Gasteiger partial charge on any atom is 0.270 e. The van der Waals surface area contributed by atoms with Crippen LogP contribution in [0.15, 0.2) is 36.4 Å². The summed E-state index contributed by atoms with van der Waals surface area (Å²) in [6.07, 6.45) is 0. The average molecular weight is 329 g/mol. The quantitative estimate of drug-likeness (QED) is 0.582. The zero-order valence-corrected chi connectivity index (χ0v) is 12.6. The highest BCUT2D eigenvalue weighted by molar-refractivity contribution is 7.22. The van der Waals surface area contributed by atoms with Crippen molar-refractivity contribution >= 4 is 32.4 Å². The summed E-state index contributed by atoms with van der Waals surface area (Å²) in [6, 6.07) is 10.4. The van der Waals surface area contributed by atoms with E-state index in [1.807, 2.05) is 18.2 Å². The molecule has 0 amide bonds. The maximum atomic E-state index is 10.8. The molecule has 23 heavy (non-hydrogen) atoms. The van der Waals surface area contributed by atoms with Gasteiger partial charge in [-0.3, -0.25) is 10.1 Å². The van der Waals surface area contributed by atoms with Crippen LogP contribution in [0.4, 0.5) is 10.8 Å². The van der Waals surface area contributed by atoms with Gasteiger partial charge in [0.05, 0.1) is 15.1 Å². The second kappa shape index (κ2) is 5.40. The van der Waals surface area contributed by atoms with Crippen LogP contribution >= 0.6 is 11.3 Å². The summed E-state index contributed by atoms with van der Waals surface area (Å²) in [5, 5.41) is 14.8. The number of fused-ring (bicyclic) bond motifs is 2. The second-order valence-corrected chi connectivity index (χ2v) is 6.00. The molecular formula is C15H11N3O4S. The van der Waals surface area contributed by atoms with Crippen molar-refractivity contribution in [3.63, 3.8) is 0 Å². The van der Waals surface area contributed by atoms with Gasteiger partial charge in [0.1, 0.15) is 0 Å². The van der Waals surface area contributed by atoms with Gasteiger partial charge in [0.2, 0.25) is 6.79 Å². The molecule has 1 N–H and O–H groups in total. The highest BCUT2D eigenvalue weighted by Crippen LogP contribution is 2.33. The molecule has 2 heterocycles. The molecule has 1 aliphatic heterocycles. The Morgan fingerprint density at radius 2 is 2.09 bits per heavy atom. The van der Waals surface area contributed by atoms with E-state index in [1.54, 1.807) is 12.1 Å². The lowest BCUT2D eigenvalue weighted by Gasteiger charge is -2.04. The average Bonchev–Trinajstić information content (AvgIpc) is 3.17. The molecule has 4 rings (SSSR count). The Morgan fingerprint density at radius 1 is 1.22 bits per heavy atom. The van der Waals surface area contributed by atoms with Gasteiger partial charge in [0.15, 0.2) is 16.6 Å². The van der Waals surface area contributed by atoms with Crippen LogP contribution in [0.5, 0.6) is 11.5 Å². The summed E-state index contributed by atoms with van der Waals surface area (Å²) in [6.45, 7) is 0.835. The Bertz CT molecular complexity index is 909. The number of nitro benzene ring substituents is 1. The number of aromatic nitrogens is 1. The van der Waals surface area contributed by atoms with Crippen molar-refractivity contribution in [3.8, 4) is 11.5 Å². The van der Waals surface area contributed by atoms with E-state index in [-0.39, 0.29) is 12.5 Å². The molecule has 0 bridgehead atoms. The SMILES string of the molecule is O=[N+]([O-])c1ccc2nc(NCc3ccc4c(c3)OCO4)sc2c1. The lowest BCUT2D eigenvalue weighted by molar-refractivity contribution is -0.384. The zero-order valence-electron chi connectivity index (χ0n) is 11.8. The Balaban J connectivity index is 1.52. The minimum absolute atomic E-state index is 0.0727. The molecular weight excluding hydrogens is 318 g/mol. The Labute approximate surface area is 134 Å². The molecule has 0 fully saturated rings. The maximum absolute atomic E-state index is 10.8. The van der Waals surface area contributed by atoms with Crippen molar-refractivity contribution in [3.05, 3.63) is 52.1 Å². The van der Waals surface area contributed by atoms with Crippen LogP contribution in [0.1, 0.15) is 5.56 Å². The first kappa shape index (κ1) is 13.8. The third kappa shape index (κ3) is 2.64. The standard InChI is InChI=1S/C15H11N3O4S/c19-18(20)10-2-3-11-14(6-10)23-15(17-11)16-7-9-1-4-12-13(5-9)22-8-21-12/h1-6H,7-8H2,(H,16,17). The molecule has 0 aliphatic carbocycles. The zero-order chi connectivity index (χ0) is 15.8. The number of thiazole rings is 1. The van der Waals surface area contributed by atoms with Crippen LogP contribution < -0.4 is 14.8 Å². The summed E-state index contributed by atoms with van der Waals surface area (Å²) >= 11 is 1.39. The molecule has 0 atom stereocenters. The molecule has 0 unspecified atom stereocenters. The van der Waals surface area contributed by atoms with Gasteiger partial charge < -0.3 is 14.8 Å². The number of benzene rings is 2. The van der Waals surface area contributed by atoms with Crippen LogP contribution in [-0.2, 0) is 6.54 Å². The van der Waals surface area contributed by atoms with E-state index in [2.05, 4.69) is 10.3 Å². The molecule has 1 aromatic heterocycles. The molecule has 8 heteroatoms. The normalized spacial score (nSPS) is 12.5. The van der Waals surface area contributed by atoms with E-state index in [1.165, 1.54) is 17.4 Å². The van der Waals surface area contributed by atoms with Crippen molar-refractivity contribution in [2.24, 2.45) is 0 Å². The topological polar surface area (TPSA) is 86.5 Å². The van der Waals surface area contributed by atoms with Crippen LogP contribution in [-0.4, -0.2) is 16.7 Å². The Morgan fingerprint density at radius 3 is 2.96 bits per heavy atom. The van der Waals surface area contributed by atoms with Crippen molar-refractivity contribution in [1.29, 1.82) is 0 Å². The van der Waals surface area contributed by atoms with E-state index in [0.717, 1.165) is 32.4 Å². The first-order valence-electron chi connectivity index (χ1n) is 6.86. The number of hydrogen-bond acceptors (Lipinski definition) is 7. The monoisotopic (exact) mass is 329 g/mol. The van der Waals surface area contributed by atoms with Crippen LogP contribution in [0.25, 0.3) is 10.2 Å². The number of nitro groups is 1. The highest BCUT2D eigenvalue weighted by atomic mass is 32.1. The summed E-state index contributed by atoms with van der Waals surface area (Å²) in [7, 11) is 0. The smallest absolute Gasteiger partial charge is 0.270 e. The number of ether oxygens (including phenoxy) is 2. The fourth-order valence-corrected chi connectivity index (χ4v) is 3.23. The van der Waals surface area contributed by atoms with E-state index in [0.29, 0.717) is 6.54 Å². The van der Waals surface area contributed by atoms with Gasteiger partial charge in [-0.15, -0.1) is 0 Å². The summed E-state index contributed by atoms with van der Waals surface area (Å²) < 4.78 is 11.4. The van der Waals surface area contributed by atoms with Crippen LogP contribution in [0, 0.1) is 10.1 Å². The number of rotatable bonds is 4. The molecule has 3 aromatic rings. The van der Waals surface area contributed by atoms with E-state index < -0.39 is 4.92 Å². The van der Waals surface area contributed by atoms with Crippen molar-refractivity contribution in [2.45, 2.75) is 6.54 Å². The molecule has 116 valence electrons. The van der Waals surface area contributed by atoms with E-state index in [4.69, 9.17) is 9.47 Å². The van der Waals surface area contributed by atoms with Gasteiger partial charge in [-0.25, -0.2) is 4.98 Å². The van der Waals surface area contributed by atoms with Crippen LogP contribution in [0.3, 0.4) is 0 Å². The molecule has 7 nitrogen and oxygen atoms in total. The van der Waals surface area contributed by atoms with Gasteiger partial charge in [-0.1, -0.05) is 17.4 Å². The summed E-state index contributed by atoms with van der Waals surface area (Å²) in [5.41, 5.74) is 1.86. The largest absolute Gasteiger partial charge is 0.454 e. The highest BCUT2D eigenvalue weighted by Gasteiger charge is 2.14. The van der Waals surface area contributed by atoms with E-state index in [9.17, 15) is 10.1 Å². The lowest BCUT2D eigenvalue weighted by atomic mass is 10.2. The fourth-order valence-electron chi connectivity index (χ4n) is 2.33. The second-order valence-electron chi connectivity index (χ2n) is 4.97. The summed E-state index contributed by atoms with van der Waals surface area (Å²) in [4.78, 5) is 14.8. The molecule has 2 aromatic carbocycles. The van der Waals surface area contributed by atoms with Gasteiger partial charge in [0.25, 0.3) is 5.69 Å².